The number of nitrogens with two attached hydrogens (primary N) is 1. The molecule has 19 heavy (non-hydrogen) atoms. The van der Waals surface area contributed by atoms with Crippen molar-refractivity contribution in [2.45, 2.75) is 26.9 Å². The fraction of sp³-hybridized carbons (Fsp3) is 0.250. The Balaban J connectivity index is 2.19. The molecule has 0 fully saturated rings. The third-order valence-corrected chi connectivity index (χ3v) is 2.64. The maximum absolute atomic E-state index is 5.89. The van der Waals surface area contributed by atoms with E-state index >= 15 is 0 Å². The first-order valence-electron chi connectivity index (χ1n) is 6.44. The molecule has 0 aliphatic carbocycles. The number of rotatable bonds is 4. The first-order valence-corrected chi connectivity index (χ1v) is 6.44. The highest BCUT2D eigenvalue weighted by atomic mass is 16.5. The van der Waals surface area contributed by atoms with Gasteiger partial charge in [-0.3, -0.25) is 0 Å². The Morgan fingerprint density at radius 3 is 2.32 bits per heavy atom. The van der Waals surface area contributed by atoms with Crippen molar-refractivity contribution in [1.29, 1.82) is 0 Å². The molecule has 0 unspecified atom stereocenters. The van der Waals surface area contributed by atoms with Gasteiger partial charge in [-0.1, -0.05) is 17.7 Å². The molecule has 0 spiro atoms. The zero-order valence-corrected chi connectivity index (χ0v) is 11.6. The summed E-state index contributed by atoms with van der Waals surface area (Å²) < 4.78 is 5.67. The van der Waals surface area contributed by atoms with Crippen LogP contribution in [0.1, 0.15) is 19.4 Å². The van der Waals surface area contributed by atoms with E-state index in [9.17, 15) is 0 Å². The molecule has 2 aromatic carbocycles. The predicted octanol–water partition coefficient (Wildman–Crippen LogP) is 4.11. The summed E-state index contributed by atoms with van der Waals surface area (Å²) in [5, 5.41) is 3.33. The van der Waals surface area contributed by atoms with Gasteiger partial charge < -0.3 is 15.8 Å². The molecule has 0 heterocycles. The van der Waals surface area contributed by atoms with Gasteiger partial charge in [0.15, 0.2) is 0 Å². The molecule has 0 aliphatic rings. The van der Waals surface area contributed by atoms with Crippen molar-refractivity contribution in [3.8, 4) is 5.75 Å². The zero-order chi connectivity index (χ0) is 13.8. The predicted molar refractivity (Wildman–Crippen MR) is 81.1 cm³/mol. The monoisotopic (exact) mass is 256 g/mol. The van der Waals surface area contributed by atoms with Crippen LogP contribution < -0.4 is 15.8 Å². The van der Waals surface area contributed by atoms with E-state index in [2.05, 4.69) is 24.4 Å². The van der Waals surface area contributed by atoms with Crippen LogP contribution in [0, 0.1) is 6.92 Å². The van der Waals surface area contributed by atoms with Crippen molar-refractivity contribution in [1.82, 2.24) is 0 Å². The first-order chi connectivity index (χ1) is 9.02. The van der Waals surface area contributed by atoms with E-state index < -0.39 is 0 Å². The molecule has 0 atom stereocenters. The molecule has 3 N–H and O–H groups in total. The number of benzene rings is 2. The molecule has 2 rings (SSSR count). The van der Waals surface area contributed by atoms with Gasteiger partial charge in [0.05, 0.1) is 6.10 Å². The van der Waals surface area contributed by atoms with Crippen molar-refractivity contribution < 1.29 is 4.74 Å². The van der Waals surface area contributed by atoms with Crippen LogP contribution in [0.4, 0.5) is 17.1 Å². The van der Waals surface area contributed by atoms with Gasteiger partial charge in [0.1, 0.15) is 5.75 Å². The molecule has 0 amide bonds. The van der Waals surface area contributed by atoms with Crippen LogP contribution in [-0.2, 0) is 0 Å². The summed E-state index contributed by atoms with van der Waals surface area (Å²) in [7, 11) is 0. The van der Waals surface area contributed by atoms with Gasteiger partial charge in [-0.05, 0) is 39.0 Å². The van der Waals surface area contributed by atoms with Gasteiger partial charge >= 0.3 is 0 Å². The lowest BCUT2D eigenvalue weighted by molar-refractivity contribution is 0.242. The number of aryl methyl sites for hydroxylation is 1. The highest BCUT2D eigenvalue weighted by molar-refractivity contribution is 5.66. The number of hydrogen-bond acceptors (Lipinski definition) is 3. The zero-order valence-electron chi connectivity index (χ0n) is 11.6. The molecule has 100 valence electrons. The number of ether oxygens (including phenoxy) is 1. The van der Waals surface area contributed by atoms with Crippen LogP contribution in [-0.4, -0.2) is 6.10 Å². The lowest BCUT2D eigenvalue weighted by Gasteiger charge is -2.13. The summed E-state index contributed by atoms with van der Waals surface area (Å²) in [5.41, 5.74) is 9.78. The molecule has 0 bridgehead atoms. The molecular weight excluding hydrogens is 236 g/mol. The number of nitrogen functional groups attached to an aromatic ring is 1. The summed E-state index contributed by atoms with van der Waals surface area (Å²) in [5.74, 6) is 0.782. The summed E-state index contributed by atoms with van der Waals surface area (Å²) >= 11 is 0. The third-order valence-electron chi connectivity index (χ3n) is 2.64. The third kappa shape index (κ3) is 3.91. The Bertz CT molecular complexity index is 547. The average molecular weight is 256 g/mol. The number of nitrogens with one attached hydrogen (secondary N) is 1. The molecule has 0 aliphatic heterocycles. The molecule has 3 heteroatoms. The maximum atomic E-state index is 5.89. The Morgan fingerprint density at radius 2 is 1.68 bits per heavy atom. The van der Waals surface area contributed by atoms with E-state index in [0.717, 1.165) is 17.1 Å². The topological polar surface area (TPSA) is 47.3 Å². The molecule has 0 saturated carbocycles. The largest absolute Gasteiger partial charge is 0.491 e. The fourth-order valence-electron chi connectivity index (χ4n) is 1.84. The molecule has 0 aromatic heterocycles. The summed E-state index contributed by atoms with van der Waals surface area (Å²) in [4.78, 5) is 0. The van der Waals surface area contributed by atoms with E-state index in [4.69, 9.17) is 10.5 Å². The molecule has 0 saturated heterocycles. The van der Waals surface area contributed by atoms with Crippen LogP contribution in [0.2, 0.25) is 0 Å². The summed E-state index contributed by atoms with van der Waals surface area (Å²) in [6.07, 6.45) is 0.133. The number of anilines is 3. The average Bonchev–Trinajstić information content (AvgIpc) is 2.30. The Labute approximate surface area is 114 Å². The Hall–Kier alpha value is -2.16. The fourth-order valence-corrected chi connectivity index (χ4v) is 1.84. The van der Waals surface area contributed by atoms with Crippen LogP contribution >= 0.6 is 0 Å². The van der Waals surface area contributed by atoms with Gasteiger partial charge in [-0.15, -0.1) is 0 Å². The second-order valence-corrected chi connectivity index (χ2v) is 4.95. The Morgan fingerprint density at radius 1 is 1.00 bits per heavy atom. The van der Waals surface area contributed by atoms with Crippen molar-refractivity contribution >= 4 is 17.1 Å². The lowest BCUT2D eigenvalue weighted by atomic mass is 10.2. The minimum atomic E-state index is 0.133. The first kappa shape index (κ1) is 13.3. The SMILES string of the molecule is Cc1ccc(Nc2cc(N)cc(OC(C)C)c2)cc1. The van der Waals surface area contributed by atoms with E-state index in [0.29, 0.717) is 5.69 Å². The van der Waals surface area contributed by atoms with Crippen molar-refractivity contribution in [3.05, 3.63) is 48.0 Å². The summed E-state index contributed by atoms with van der Waals surface area (Å²) in [6, 6.07) is 13.9. The van der Waals surface area contributed by atoms with E-state index in [1.54, 1.807) is 0 Å². The van der Waals surface area contributed by atoms with Gasteiger partial charge in [0.2, 0.25) is 0 Å². The van der Waals surface area contributed by atoms with Gasteiger partial charge in [0, 0.05) is 29.2 Å². The Kier molecular flexibility index (Phi) is 3.95. The van der Waals surface area contributed by atoms with Gasteiger partial charge in [-0.2, -0.15) is 0 Å². The summed E-state index contributed by atoms with van der Waals surface area (Å²) in [6.45, 7) is 6.06. The minimum absolute atomic E-state index is 0.133. The lowest BCUT2D eigenvalue weighted by Crippen LogP contribution is -2.06. The van der Waals surface area contributed by atoms with Crippen LogP contribution in [0.15, 0.2) is 42.5 Å². The molecule has 2 aromatic rings. The highest BCUT2D eigenvalue weighted by Crippen LogP contribution is 2.26. The van der Waals surface area contributed by atoms with Gasteiger partial charge in [0.25, 0.3) is 0 Å². The second-order valence-electron chi connectivity index (χ2n) is 4.95. The number of hydrogen-bond donors (Lipinski definition) is 2. The smallest absolute Gasteiger partial charge is 0.123 e. The van der Waals surface area contributed by atoms with Crippen LogP contribution in [0.5, 0.6) is 5.75 Å². The molecule has 3 nitrogen and oxygen atoms in total. The van der Waals surface area contributed by atoms with Crippen LogP contribution in [0.25, 0.3) is 0 Å². The van der Waals surface area contributed by atoms with Crippen molar-refractivity contribution in [2.75, 3.05) is 11.1 Å². The second kappa shape index (κ2) is 5.65. The maximum Gasteiger partial charge on any atom is 0.123 e. The van der Waals surface area contributed by atoms with Gasteiger partial charge in [-0.25, -0.2) is 0 Å². The minimum Gasteiger partial charge on any atom is -0.491 e. The quantitative estimate of drug-likeness (QED) is 0.809. The van der Waals surface area contributed by atoms with E-state index in [1.807, 2.05) is 44.2 Å². The van der Waals surface area contributed by atoms with E-state index in [-0.39, 0.29) is 6.10 Å². The van der Waals surface area contributed by atoms with E-state index in [1.165, 1.54) is 5.56 Å². The van der Waals surface area contributed by atoms with Crippen molar-refractivity contribution in [2.24, 2.45) is 0 Å². The molecular formula is C16H20N2O. The normalized spacial score (nSPS) is 10.5. The standard InChI is InChI=1S/C16H20N2O/c1-11(2)19-16-9-13(17)8-15(10-16)18-14-6-4-12(3)5-7-14/h4-11,18H,17H2,1-3H3. The van der Waals surface area contributed by atoms with Crippen LogP contribution in [0.3, 0.4) is 0 Å². The highest BCUT2D eigenvalue weighted by Gasteiger charge is 2.03. The molecule has 0 radical (unpaired) electrons. The van der Waals surface area contributed by atoms with Crippen molar-refractivity contribution in [3.63, 3.8) is 0 Å².